The van der Waals surface area contributed by atoms with Crippen LogP contribution in [-0.2, 0) is 11.4 Å². The van der Waals surface area contributed by atoms with E-state index in [4.69, 9.17) is 9.57 Å². The molecule has 0 aliphatic heterocycles. The lowest BCUT2D eigenvalue weighted by molar-refractivity contribution is -0.0598. The molecule has 0 bridgehead atoms. The van der Waals surface area contributed by atoms with Gasteiger partial charge in [0, 0.05) is 12.7 Å². The Labute approximate surface area is 136 Å². The van der Waals surface area contributed by atoms with Gasteiger partial charge >= 0.3 is 6.03 Å². The lowest BCUT2D eigenvalue weighted by atomic mass is 10.1. The van der Waals surface area contributed by atoms with E-state index in [1.54, 1.807) is 12.1 Å². The van der Waals surface area contributed by atoms with E-state index in [9.17, 15) is 4.79 Å². The van der Waals surface area contributed by atoms with E-state index in [2.05, 4.69) is 37.4 Å². The molecular weight excluding hydrogens is 292 g/mol. The number of rotatable bonds is 5. The van der Waals surface area contributed by atoms with E-state index in [1.807, 2.05) is 12.1 Å². The normalized spacial score (nSPS) is 10.3. The highest BCUT2D eigenvalue weighted by Gasteiger charge is 2.07. The molecule has 0 aliphatic rings. The largest absolute Gasteiger partial charge is 0.489 e. The molecule has 0 spiro atoms. The zero-order valence-corrected chi connectivity index (χ0v) is 13.9. The van der Waals surface area contributed by atoms with Gasteiger partial charge in [-0.3, -0.25) is 4.84 Å². The van der Waals surface area contributed by atoms with E-state index in [0.29, 0.717) is 12.3 Å². The molecule has 0 saturated carbocycles. The third-order valence-electron chi connectivity index (χ3n) is 3.56. The molecular formula is C18H22N2O3. The molecule has 23 heavy (non-hydrogen) atoms. The van der Waals surface area contributed by atoms with Gasteiger partial charge in [0.15, 0.2) is 0 Å². The molecule has 122 valence electrons. The van der Waals surface area contributed by atoms with Crippen molar-refractivity contribution in [1.82, 2.24) is 5.06 Å². The molecule has 0 unspecified atom stereocenters. The van der Waals surface area contributed by atoms with Crippen molar-refractivity contribution in [2.24, 2.45) is 0 Å². The molecule has 5 nitrogen and oxygen atoms in total. The van der Waals surface area contributed by atoms with Crippen LogP contribution in [0.4, 0.5) is 10.5 Å². The maximum atomic E-state index is 11.7. The monoisotopic (exact) mass is 314 g/mol. The van der Waals surface area contributed by atoms with Crippen molar-refractivity contribution in [3.05, 3.63) is 59.2 Å². The first kappa shape index (κ1) is 16.8. The fraction of sp³-hybridized carbons (Fsp3) is 0.278. The molecule has 0 aromatic heterocycles. The lowest BCUT2D eigenvalue weighted by Crippen LogP contribution is -2.30. The van der Waals surface area contributed by atoms with E-state index < -0.39 is 0 Å². The number of urea groups is 1. The maximum Gasteiger partial charge on any atom is 0.345 e. The second-order valence-electron chi connectivity index (χ2n) is 5.35. The summed E-state index contributed by atoms with van der Waals surface area (Å²) in [4.78, 5) is 16.5. The average molecular weight is 314 g/mol. The van der Waals surface area contributed by atoms with Gasteiger partial charge in [0.1, 0.15) is 12.4 Å². The first-order chi connectivity index (χ1) is 11.0. The summed E-state index contributed by atoms with van der Waals surface area (Å²) < 4.78 is 5.79. The van der Waals surface area contributed by atoms with Gasteiger partial charge in [-0.2, -0.15) is 0 Å². The molecule has 0 heterocycles. The molecule has 0 atom stereocenters. The number of amides is 2. The van der Waals surface area contributed by atoms with Crippen LogP contribution in [0.3, 0.4) is 0 Å². The predicted octanol–water partition coefficient (Wildman–Crippen LogP) is 3.91. The van der Waals surface area contributed by atoms with Gasteiger partial charge in [-0.15, -0.1) is 0 Å². The molecule has 2 aromatic rings. The van der Waals surface area contributed by atoms with Crippen LogP contribution in [0.2, 0.25) is 0 Å². The zero-order chi connectivity index (χ0) is 16.8. The second kappa shape index (κ2) is 7.65. The zero-order valence-electron chi connectivity index (χ0n) is 13.9. The number of hydrogen-bond acceptors (Lipinski definition) is 3. The second-order valence-corrected chi connectivity index (χ2v) is 5.35. The van der Waals surface area contributed by atoms with Crippen LogP contribution in [0.1, 0.15) is 16.7 Å². The van der Waals surface area contributed by atoms with E-state index in [0.717, 1.165) is 16.4 Å². The Kier molecular flexibility index (Phi) is 5.60. The van der Waals surface area contributed by atoms with Gasteiger partial charge in [-0.1, -0.05) is 23.8 Å². The highest BCUT2D eigenvalue weighted by Crippen LogP contribution is 2.19. The van der Waals surface area contributed by atoms with E-state index in [-0.39, 0.29) is 6.03 Å². The van der Waals surface area contributed by atoms with Crippen molar-refractivity contribution in [3.63, 3.8) is 0 Å². The number of nitrogens with one attached hydrogen (secondary N) is 1. The van der Waals surface area contributed by atoms with Crippen LogP contribution in [0.5, 0.6) is 5.75 Å². The maximum absolute atomic E-state index is 11.7. The van der Waals surface area contributed by atoms with Gasteiger partial charge in [-0.25, -0.2) is 9.86 Å². The average Bonchev–Trinajstić information content (AvgIpc) is 2.54. The molecule has 0 saturated heterocycles. The number of benzene rings is 2. The number of ether oxygens (including phenoxy) is 1. The molecule has 0 aliphatic carbocycles. The number of hydroxylamine groups is 2. The smallest absolute Gasteiger partial charge is 0.345 e. The van der Waals surface area contributed by atoms with Gasteiger partial charge in [0.2, 0.25) is 0 Å². The topological polar surface area (TPSA) is 50.8 Å². The Balaban J connectivity index is 1.93. The summed E-state index contributed by atoms with van der Waals surface area (Å²) in [5.74, 6) is 0.753. The summed E-state index contributed by atoms with van der Waals surface area (Å²) >= 11 is 0. The first-order valence-electron chi connectivity index (χ1n) is 7.37. The number of carbonyl (C=O) groups is 1. The Morgan fingerprint density at radius 2 is 1.83 bits per heavy atom. The number of aryl methyl sites for hydroxylation is 2. The van der Waals surface area contributed by atoms with Gasteiger partial charge in [0.05, 0.1) is 7.11 Å². The highest BCUT2D eigenvalue weighted by atomic mass is 16.7. The molecule has 0 radical (unpaired) electrons. The number of nitrogens with zero attached hydrogens (tertiary/aromatic N) is 1. The van der Waals surface area contributed by atoms with Crippen LogP contribution < -0.4 is 10.1 Å². The molecule has 2 aromatic carbocycles. The summed E-state index contributed by atoms with van der Waals surface area (Å²) in [5.41, 5.74) is 4.30. The lowest BCUT2D eigenvalue weighted by Gasteiger charge is -2.15. The summed E-state index contributed by atoms with van der Waals surface area (Å²) in [6.45, 7) is 4.67. The van der Waals surface area contributed by atoms with Crippen LogP contribution >= 0.6 is 0 Å². The van der Waals surface area contributed by atoms with Gasteiger partial charge in [-0.05, 0) is 49.2 Å². The Morgan fingerprint density at radius 3 is 2.43 bits per heavy atom. The van der Waals surface area contributed by atoms with Crippen molar-refractivity contribution in [2.45, 2.75) is 20.5 Å². The summed E-state index contributed by atoms with van der Waals surface area (Å²) in [7, 11) is 2.97. The third kappa shape index (κ3) is 4.72. The van der Waals surface area contributed by atoms with Gasteiger partial charge in [0.25, 0.3) is 0 Å². The van der Waals surface area contributed by atoms with Crippen LogP contribution in [-0.4, -0.2) is 25.3 Å². The van der Waals surface area contributed by atoms with E-state index >= 15 is 0 Å². The highest BCUT2D eigenvalue weighted by molar-refractivity contribution is 5.88. The molecule has 5 heteroatoms. The molecule has 1 N–H and O–H groups in total. The van der Waals surface area contributed by atoms with Crippen LogP contribution in [0.25, 0.3) is 0 Å². The quantitative estimate of drug-likeness (QED) is 0.851. The van der Waals surface area contributed by atoms with Crippen molar-refractivity contribution in [2.75, 3.05) is 19.5 Å². The Hall–Kier alpha value is -2.53. The van der Waals surface area contributed by atoms with Crippen molar-refractivity contribution >= 4 is 11.7 Å². The van der Waals surface area contributed by atoms with Crippen LogP contribution in [0.15, 0.2) is 42.5 Å². The minimum absolute atomic E-state index is 0.337. The molecule has 0 fully saturated rings. The van der Waals surface area contributed by atoms with Crippen molar-refractivity contribution in [1.29, 1.82) is 0 Å². The Morgan fingerprint density at radius 1 is 1.13 bits per heavy atom. The Bertz CT molecular complexity index is 668. The molecule has 2 rings (SSSR count). The summed E-state index contributed by atoms with van der Waals surface area (Å²) in [6.07, 6.45) is 0. The number of anilines is 1. The standard InChI is InChI=1S/C18H22N2O3/c1-13-5-6-15(14(2)11-13)12-23-17-9-7-16(8-10-17)19-18(21)20(3)22-4/h5-11H,12H2,1-4H3,(H,19,21). The third-order valence-corrected chi connectivity index (χ3v) is 3.56. The fourth-order valence-electron chi connectivity index (χ4n) is 2.09. The summed E-state index contributed by atoms with van der Waals surface area (Å²) in [5, 5.41) is 3.83. The van der Waals surface area contributed by atoms with Crippen LogP contribution in [0, 0.1) is 13.8 Å². The predicted molar refractivity (Wildman–Crippen MR) is 90.5 cm³/mol. The number of hydrogen-bond donors (Lipinski definition) is 1. The van der Waals surface area contributed by atoms with Gasteiger partial charge < -0.3 is 10.1 Å². The fourth-order valence-corrected chi connectivity index (χ4v) is 2.09. The minimum atomic E-state index is -0.337. The SMILES string of the molecule is CON(C)C(=O)Nc1ccc(OCc2ccc(C)cc2C)cc1. The number of carbonyl (C=O) groups excluding carboxylic acids is 1. The molecule has 2 amide bonds. The van der Waals surface area contributed by atoms with E-state index in [1.165, 1.54) is 25.3 Å². The first-order valence-corrected chi connectivity index (χ1v) is 7.37. The van der Waals surface area contributed by atoms with Crippen molar-refractivity contribution in [3.8, 4) is 5.75 Å². The summed E-state index contributed by atoms with van der Waals surface area (Å²) in [6, 6.07) is 13.2. The van der Waals surface area contributed by atoms with Crippen molar-refractivity contribution < 1.29 is 14.4 Å². The minimum Gasteiger partial charge on any atom is -0.489 e.